The first kappa shape index (κ1) is 22.8. The van der Waals surface area contributed by atoms with Crippen LogP contribution in [0.1, 0.15) is 30.9 Å². The van der Waals surface area contributed by atoms with Crippen LogP contribution >= 0.6 is 11.6 Å². The van der Waals surface area contributed by atoms with Gasteiger partial charge in [-0.25, -0.2) is 23.7 Å². The number of alkyl halides is 3. The molecule has 1 aromatic carbocycles. The molecule has 2 heterocycles. The van der Waals surface area contributed by atoms with Gasteiger partial charge < -0.3 is 9.73 Å². The SMILES string of the molecule is O=C(N[C@H]1CCC(F)(F)C1)[C@H](c1cncnc1)N(C(=O)CCl)c1ccc(-c2cnco2)cc1. The average Bonchev–Trinajstić information content (AvgIpc) is 3.47. The Morgan fingerprint density at radius 1 is 1.18 bits per heavy atom. The van der Waals surface area contributed by atoms with Gasteiger partial charge in [-0.05, 0) is 30.7 Å². The van der Waals surface area contributed by atoms with Crippen molar-refractivity contribution in [2.24, 2.45) is 0 Å². The zero-order valence-electron chi connectivity index (χ0n) is 17.3. The smallest absolute Gasteiger partial charge is 0.250 e. The molecule has 2 amide bonds. The van der Waals surface area contributed by atoms with Crippen LogP contribution in [0.5, 0.6) is 0 Å². The molecule has 2 aromatic heterocycles. The summed E-state index contributed by atoms with van der Waals surface area (Å²) in [5.74, 6) is -3.87. The number of hydrogen-bond acceptors (Lipinski definition) is 6. The van der Waals surface area contributed by atoms with Crippen molar-refractivity contribution in [1.29, 1.82) is 0 Å². The summed E-state index contributed by atoms with van der Waals surface area (Å²) in [6.45, 7) is 0. The maximum absolute atomic E-state index is 13.7. The summed E-state index contributed by atoms with van der Waals surface area (Å²) in [6.07, 6.45) is 6.33. The van der Waals surface area contributed by atoms with Gasteiger partial charge in [0.25, 0.3) is 0 Å². The van der Waals surface area contributed by atoms with Crippen molar-refractivity contribution in [3.05, 3.63) is 61.1 Å². The Labute approximate surface area is 193 Å². The molecule has 1 N–H and O–H groups in total. The molecule has 33 heavy (non-hydrogen) atoms. The number of amides is 2. The molecular formula is C22H20ClF2N5O3. The fraction of sp³-hybridized carbons (Fsp3) is 0.318. The zero-order chi connectivity index (χ0) is 23.4. The monoisotopic (exact) mass is 475 g/mol. The summed E-state index contributed by atoms with van der Waals surface area (Å²) in [5.41, 5.74) is 1.41. The maximum Gasteiger partial charge on any atom is 0.250 e. The number of aromatic nitrogens is 3. The van der Waals surface area contributed by atoms with Crippen LogP contribution in [0.15, 0.2) is 60.0 Å². The van der Waals surface area contributed by atoms with E-state index in [0.29, 0.717) is 22.6 Å². The molecule has 1 aliphatic rings. The molecule has 0 saturated heterocycles. The summed E-state index contributed by atoms with van der Waals surface area (Å²) in [5, 5.41) is 2.66. The standard InChI is InChI=1S/C22H20ClF2N5O3/c23-8-19(31)30(17-3-1-14(2-4-17)18-11-28-13-33-18)20(15-9-26-12-27-10-15)21(32)29-16-5-6-22(24,25)7-16/h1-4,9-13,16,20H,5-8H2,(H,29,32)/t16-,20-/m0/s1. The molecule has 11 heteroatoms. The van der Waals surface area contributed by atoms with Gasteiger partial charge in [0.05, 0.1) is 6.20 Å². The minimum atomic E-state index is -2.83. The van der Waals surface area contributed by atoms with E-state index in [0.717, 1.165) is 0 Å². The van der Waals surface area contributed by atoms with Crippen LogP contribution < -0.4 is 10.2 Å². The Kier molecular flexibility index (Phi) is 6.64. The van der Waals surface area contributed by atoms with Crippen LogP contribution in [0, 0.1) is 0 Å². The lowest BCUT2D eigenvalue weighted by atomic mass is 10.0. The van der Waals surface area contributed by atoms with Gasteiger partial charge in [-0.3, -0.25) is 14.5 Å². The molecule has 0 radical (unpaired) electrons. The van der Waals surface area contributed by atoms with Gasteiger partial charge in [-0.1, -0.05) is 0 Å². The van der Waals surface area contributed by atoms with Gasteiger partial charge in [0.2, 0.25) is 17.7 Å². The lowest BCUT2D eigenvalue weighted by Gasteiger charge is -2.31. The van der Waals surface area contributed by atoms with Crippen molar-refractivity contribution >= 4 is 29.1 Å². The minimum Gasteiger partial charge on any atom is -0.444 e. The third kappa shape index (κ3) is 5.16. The number of carbonyl (C=O) groups is 2. The van der Waals surface area contributed by atoms with E-state index < -0.39 is 42.1 Å². The molecule has 0 spiro atoms. The molecule has 0 bridgehead atoms. The molecule has 4 rings (SSSR count). The second kappa shape index (κ2) is 9.62. The number of oxazole rings is 1. The number of nitrogens with zero attached hydrogens (tertiary/aromatic N) is 4. The van der Waals surface area contributed by atoms with Crippen molar-refractivity contribution in [3.63, 3.8) is 0 Å². The molecule has 1 fully saturated rings. The highest BCUT2D eigenvalue weighted by Crippen LogP contribution is 2.36. The minimum absolute atomic E-state index is 0.145. The summed E-state index contributed by atoms with van der Waals surface area (Å²) < 4.78 is 32.6. The maximum atomic E-state index is 13.7. The van der Waals surface area contributed by atoms with Crippen LogP contribution in [-0.4, -0.2) is 44.6 Å². The van der Waals surface area contributed by atoms with Crippen molar-refractivity contribution in [3.8, 4) is 11.3 Å². The van der Waals surface area contributed by atoms with E-state index in [9.17, 15) is 18.4 Å². The second-order valence-electron chi connectivity index (χ2n) is 7.69. The summed E-state index contributed by atoms with van der Waals surface area (Å²) >= 11 is 5.88. The fourth-order valence-electron chi connectivity index (χ4n) is 3.87. The van der Waals surface area contributed by atoms with Gasteiger partial charge in [0.1, 0.15) is 18.2 Å². The zero-order valence-corrected chi connectivity index (χ0v) is 18.1. The topological polar surface area (TPSA) is 101 Å². The van der Waals surface area contributed by atoms with Crippen LogP contribution in [0.2, 0.25) is 0 Å². The number of hydrogen-bond donors (Lipinski definition) is 1. The van der Waals surface area contributed by atoms with E-state index in [2.05, 4.69) is 20.3 Å². The number of benzene rings is 1. The van der Waals surface area contributed by atoms with E-state index in [4.69, 9.17) is 16.0 Å². The van der Waals surface area contributed by atoms with Crippen molar-refractivity contribution in [2.75, 3.05) is 10.8 Å². The Bertz CT molecular complexity index is 1100. The lowest BCUT2D eigenvalue weighted by Crippen LogP contribution is -2.47. The number of nitrogens with one attached hydrogen (secondary N) is 1. The summed E-state index contributed by atoms with van der Waals surface area (Å²) in [4.78, 5) is 39.2. The highest BCUT2D eigenvalue weighted by atomic mass is 35.5. The molecule has 2 atom stereocenters. The number of carbonyl (C=O) groups excluding carboxylic acids is 2. The molecule has 172 valence electrons. The highest BCUT2D eigenvalue weighted by molar-refractivity contribution is 6.29. The number of anilines is 1. The van der Waals surface area contributed by atoms with E-state index in [1.807, 2.05) is 0 Å². The third-order valence-corrected chi connectivity index (χ3v) is 5.63. The average molecular weight is 476 g/mol. The van der Waals surface area contributed by atoms with E-state index in [1.54, 1.807) is 30.5 Å². The Morgan fingerprint density at radius 3 is 2.48 bits per heavy atom. The van der Waals surface area contributed by atoms with Gasteiger partial charge in [0.15, 0.2) is 12.2 Å². The van der Waals surface area contributed by atoms with Crippen LogP contribution in [0.4, 0.5) is 14.5 Å². The summed E-state index contributed by atoms with van der Waals surface area (Å²) in [7, 11) is 0. The third-order valence-electron chi connectivity index (χ3n) is 5.40. The molecule has 0 aliphatic heterocycles. The second-order valence-corrected chi connectivity index (χ2v) is 7.96. The Hall–Kier alpha value is -3.40. The van der Waals surface area contributed by atoms with Gasteiger partial charge in [0, 0.05) is 48.1 Å². The van der Waals surface area contributed by atoms with Gasteiger partial charge in [-0.15, -0.1) is 11.6 Å². The molecule has 3 aromatic rings. The van der Waals surface area contributed by atoms with Gasteiger partial charge >= 0.3 is 0 Å². The highest BCUT2D eigenvalue weighted by Gasteiger charge is 2.42. The summed E-state index contributed by atoms with van der Waals surface area (Å²) in [6, 6.07) is 4.77. The predicted octanol–water partition coefficient (Wildman–Crippen LogP) is 3.75. The number of rotatable bonds is 7. The van der Waals surface area contributed by atoms with Crippen molar-refractivity contribution in [2.45, 2.75) is 37.3 Å². The molecule has 0 unspecified atom stereocenters. The lowest BCUT2D eigenvalue weighted by molar-refractivity contribution is -0.126. The van der Waals surface area contributed by atoms with E-state index in [1.165, 1.54) is 30.0 Å². The molecule has 8 nitrogen and oxygen atoms in total. The molecule has 1 aliphatic carbocycles. The fourth-order valence-corrected chi connectivity index (χ4v) is 4.00. The first-order chi connectivity index (χ1) is 15.9. The quantitative estimate of drug-likeness (QED) is 0.522. The van der Waals surface area contributed by atoms with Crippen LogP contribution in [0.3, 0.4) is 0 Å². The largest absolute Gasteiger partial charge is 0.444 e. The normalized spacial score (nSPS) is 18.0. The predicted molar refractivity (Wildman–Crippen MR) is 116 cm³/mol. The first-order valence-electron chi connectivity index (χ1n) is 10.2. The number of halogens is 3. The molecule has 1 saturated carbocycles. The van der Waals surface area contributed by atoms with E-state index >= 15 is 0 Å². The Balaban J connectivity index is 1.68. The van der Waals surface area contributed by atoms with Gasteiger partial charge in [-0.2, -0.15) is 0 Å². The Morgan fingerprint density at radius 2 is 1.91 bits per heavy atom. The van der Waals surface area contributed by atoms with Crippen LogP contribution in [-0.2, 0) is 9.59 Å². The van der Waals surface area contributed by atoms with Crippen LogP contribution in [0.25, 0.3) is 11.3 Å². The molecular weight excluding hydrogens is 456 g/mol. The van der Waals surface area contributed by atoms with Crippen molar-refractivity contribution < 1.29 is 22.8 Å². The first-order valence-corrected chi connectivity index (χ1v) is 10.7. The van der Waals surface area contributed by atoms with E-state index in [-0.39, 0.29) is 12.8 Å². The van der Waals surface area contributed by atoms with Crippen molar-refractivity contribution in [1.82, 2.24) is 20.3 Å².